The van der Waals surface area contributed by atoms with Crippen molar-refractivity contribution in [1.29, 1.82) is 0 Å². The molecule has 0 amide bonds. The SMILES string of the molecule is O=c1[nH]c(-c2ccc(F)cc2Br)nc2c1CNC2. The third-order valence-electron chi connectivity index (χ3n) is 2.88. The third kappa shape index (κ3) is 1.87. The van der Waals surface area contributed by atoms with Gasteiger partial charge in [0.05, 0.1) is 11.3 Å². The van der Waals surface area contributed by atoms with Gasteiger partial charge in [0.25, 0.3) is 5.56 Å². The van der Waals surface area contributed by atoms with E-state index in [1.54, 1.807) is 6.07 Å². The van der Waals surface area contributed by atoms with Gasteiger partial charge in [0.15, 0.2) is 0 Å². The van der Waals surface area contributed by atoms with Crippen LogP contribution in [-0.2, 0) is 13.1 Å². The number of fused-ring (bicyclic) bond motifs is 1. The van der Waals surface area contributed by atoms with Crippen LogP contribution in [0.3, 0.4) is 0 Å². The molecule has 0 bridgehead atoms. The Kier molecular flexibility index (Phi) is 2.76. The lowest BCUT2D eigenvalue weighted by Gasteiger charge is -2.05. The van der Waals surface area contributed by atoms with E-state index in [-0.39, 0.29) is 11.4 Å². The van der Waals surface area contributed by atoms with Gasteiger partial charge in [-0.25, -0.2) is 9.37 Å². The van der Waals surface area contributed by atoms with Crippen molar-refractivity contribution in [2.75, 3.05) is 0 Å². The highest BCUT2D eigenvalue weighted by Gasteiger charge is 2.18. The van der Waals surface area contributed by atoms with Crippen molar-refractivity contribution in [2.24, 2.45) is 0 Å². The summed E-state index contributed by atoms with van der Waals surface area (Å²) >= 11 is 3.27. The second-order valence-corrected chi connectivity index (χ2v) is 4.92. The fourth-order valence-electron chi connectivity index (χ4n) is 1.99. The molecule has 0 spiro atoms. The quantitative estimate of drug-likeness (QED) is 0.846. The summed E-state index contributed by atoms with van der Waals surface area (Å²) in [5.41, 5.74) is 1.96. The van der Waals surface area contributed by atoms with Gasteiger partial charge in [0.1, 0.15) is 11.6 Å². The molecule has 1 aliphatic rings. The monoisotopic (exact) mass is 309 g/mol. The molecule has 0 atom stereocenters. The zero-order valence-corrected chi connectivity index (χ0v) is 10.8. The molecule has 3 rings (SSSR count). The first-order valence-electron chi connectivity index (χ1n) is 5.43. The zero-order chi connectivity index (χ0) is 12.7. The van der Waals surface area contributed by atoms with Gasteiger partial charge in [-0.3, -0.25) is 4.79 Å². The number of hydrogen-bond acceptors (Lipinski definition) is 3. The minimum Gasteiger partial charge on any atom is -0.307 e. The Morgan fingerprint density at radius 3 is 2.94 bits per heavy atom. The molecule has 6 heteroatoms. The molecule has 1 aliphatic heterocycles. The number of halogens is 2. The van der Waals surface area contributed by atoms with E-state index in [4.69, 9.17) is 0 Å². The molecular formula is C12H9BrFN3O. The van der Waals surface area contributed by atoms with Gasteiger partial charge in [-0.1, -0.05) is 0 Å². The van der Waals surface area contributed by atoms with Gasteiger partial charge < -0.3 is 10.3 Å². The fourth-order valence-corrected chi connectivity index (χ4v) is 2.53. The molecule has 2 heterocycles. The maximum atomic E-state index is 13.0. The lowest BCUT2D eigenvalue weighted by atomic mass is 10.2. The topological polar surface area (TPSA) is 57.8 Å². The number of aromatic amines is 1. The smallest absolute Gasteiger partial charge is 0.255 e. The Balaban J connectivity index is 2.18. The molecule has 1 aromatic carbocycles. The van der Waals surface area contributed by atoms with Crippen LogP contribution in [0.15, 0.2) is 27.5 Å². The van der Waals surface area contributed by atoms with E-state index in [0.717, 1.165) is 5.69 Å². The third-order valence-corrected chi connectivity index (χ3v) is 3.54. The molecule has 0 radical (unpaired) electrons. The molecule has 2 aromatic rings. The molecular weight excluding hydrogens is 301 g/mol. The van der Waals surface area contributed by atoms with Crippen LogP contribution in [0.5, 0.6) is 0 Å². The average Bonchev–Trinajstić information content (AvgIpc) is 2.77. The highest BCUT2D eigenvalue weighted by Crippen LogP contribution is 2.26. The molecule has 4 nitrogen and oxygen atoms in total. The predicted octanol–water partition coefficient (Wildman–Crippen LogP) is 1.94. The summed E-state index contributed by atoms with van der Waals surface area (Å²) in [7, 11) is 0. The van der Waals surface area contributed by atoms with Crippen LogP contribution in [0.1, 0.15) is 11.3 Å². The van der Waals surface area contributed by atoms with Crippen molar-refractivity contribution in [3.8, 4) is 11.4 Å². The number of rotatable bonds is 1. The van der Waals surface area contributed by atoms with E-state index in [2.05, 4.69) is 31.2 Å². The minimum absolute atomic E-state index is 0.142. The van der Waals surface area contributed by atoms with Crippen molar-refractivity contribution >= 4 is 15.9 Å². The number of benzene rings is 1. The summed E-state index contributed by atoms with van der Waals surface area (Å²) in [4.78, 5) is 19.0. The second kappa shape index (κ2) is 4.29. The van der Waals surface area contributed by atoms with Crippen LogP contribution in [0.2, 0.25) is 0 Å². The zero-order valence-electron chi connectivity index (χ0n) is 9.26. The lowest BCUT2D eigenvalue weighted by molar-refractivity contribution is 0.627. The van der Waals surface area contributed by atoms with E-state index in [0.29, 0.717) is 34.5 Å². The summed E-state index contributed by atoms with van der Waals surface area (Å²) in [5.74, 6) is 0.116. The highest BCUT2D eigenvalue weighted by atomic mass is 79.9. The van der Waals surface area contributed by atoms with Crippen molar-refractivity contribution in [1.82, 2.24) is 15.3 Å². The van der Waals surface area contributed by atoms with Crippen molar-refractivity contribution < 1.29 is 4.39 Å². The number of hydrogen-bond donors (Lipinski definition) is 2. The maximum absolute atomic E-state index is 13.0. The van der Waals surface area contributed by atoms with E-state index < -0.39 is 0 Å². The summed E-state index contributed by atoms with van der Waals surface area (Å²) in [5, 5.41) is 3.08. The fraction of sp³-hybridized carbons (Fsp3) is 0.167. The molecule has 0 unspecified atom stereocenters. The molecule has 2 N–H and O–H groups in total. The number of H-pyrrole nitrogens is 1. The minimum atomic E-state index is -0.337. The molecule has 0 saturated carbocycles. The highest BCUT2D eigenvalue weighted by molar-refractivity contribution is 9.10. The molecule has 0 aliphatic carbocycles. The molecule has 18 heavy (non-hydrogen) atoms. The molecule has 92 valence electrons. The van der Waals surface area contributed by atoms with Crippen molar-refractivity contribution in [2.45, 2.75) is 13.1 Å². The van der Waals surface area contributed by atoms with Crippen LogP contribution < -0.4 is 10.9 Å². The molecule has 0 saturated heterocycles. The number of nitrogens with one attached hydrogen (secondary N) is 2. The lowest BCUT2D eigenvalue weighted by Crippen LogP contribution is -2.15. The van der Waals surface area contributed by atoms with E-state index in [9.17, 15) is 9.18 Å². The second-order valence-electron chi connectivity index (χ2n) is 4.07. The Morgan fingerprint density at radius 1 is 1.33 bits per heavy atom. The molecule has 1 aromatic heterocycles. The summed E-state index contributed by atoms with van der Waals surface area (Å²) in [6.45, 7) is 1.13. The first-order valence-corrected chi connectivity index (χ1v) is 6.22. The van der Waals surface area contributed by atoms with Gasteiger partial charge in [0.2, 0.25) is 0 Å². The Labute approximate surface area is 110 Å². The van der Waals surface area contributed by atoms with E-state index in [1.165, 1.54) is 12.1 Å². The van der Waals surface area contributed by atoms with Gasteiger partial charge in [-0.2, -0.15) is 0 Å². The normalized spacial score (nSPS) is 13.7. The van der Waals surface area contributed by atoms with Gasteiger partial charge in [0, 0.05) is 23.1 Å². The van der Waals surface area contributed by atoms with Crippen LogP contribution in [-0.4, -0.2) is 9.97 Å². The molecule has 0 fully saturated rings. The first kappa shape index (κ1) is 11.6. The van der Waals surface area contributed by atoms with Crippen LogP contribution >= 0.6 is 15.9 Å². The van der Waals surface area contributed by atoms with Crippen molar-refractivity contribution in [3.63, 3.8) is 0 Å². The van der Waals surface area contributed by atoms with Gasteiger partial charge in [-0.15, -0.1) is 0 Å². The van der Waals surface area contributed by atoms with E-state index >= 15 is 0 Å². The summed E-state index contributed by atoms with van der Waals surface area (Å²) in [6.07, 6.45) is 0. The number of aromatic nitrogens is 2. The van der Waals surface area contributed by atoms with Crippen molar-refractivity contribution in [3.05, 3.63) is 50.1 Å². The summed E-state index contributed by atoms with van der Waals surface area (Å²) < 4.78 is 13.6. The van der Waals surface area contributed by atoms with Gasteiger partial charge >= 0.3 is 0 Å². The predicted molar refractivity (Wildman–Crippen MR) is 68.5 cm³/mol. The largest absolute Gasteiger partial charge is 0.307 e. The average molecular weight is 310 g/mol. The number of nitrogens with zero attached hydrogens (tertiary/aromatic N) is 1. The van der Waals surface area contributed by atoms with Gasteiger partial charge in [-0.05, 0) is 34.1 Å². The first-order chi connectivity index (χ1) is 8.65. The standard InChI is InChI=1S/C12H9BrFN3O/c13-9-3-6(14)1-2-7(9)11-16-10-5-15-4-8(10)12(18)17-11/h1-3,15H,4-5H2,(H,16,17,18). The maximum Gasteiger partial charge on any atom is 0.255 e. The van der Waals surface area contributed by atoms with Crippen LogP contribution in [0.4, 0.5) is 4.39 Å². The summed E-state index contributed by atoms with van der Waals surface area (Å²) in [6, 6.07) is 4.28. The van der Waals surface area contributed by atoms with Crippen LogP contribution in [0, 0.1) is 5.82 Å². The Morgan fingerprint density at radius 2 is 2.17 bits per heavy atom. The van der Waals surface area contributed by atoms with Crippen LogP contribution in [0.25, 0.3) is 11.4 Å². The Hall–Kier alpha value is -1.53. The Bertz CT molecular complexity index is 684. The van der Waals surface area contributed by atoms with E-state index in [1.807, 2.05) is 0 Å².